The third-order valence-corrected chi connectivity index (χ3v) is 4.03. The van der Waals surface area contributed by atoms with Gasteiger partial charge < -0.3 is 26.8 Å². The Labute approximate surface area is 172 Å². The van der Waals surface area contributed by atoms with Crippen LogP contribution in [0.4, 0.5) is 4.79 Å². The van der Waals surface area contributed by atoms with E-state index in [1.54, 1.807) is 13.8 Å². The summed E-state index contributed by atoms with van der Waals surface area (Å²) in [6, 6.07) is 7.95. The van der Waals surface area contributed by atoms with E-state index in [0.717, 1.165) is 5.56 Å². The van der Waals surface area contributed by atoms with Gasteiger partial charge in [0.05, 0.1) is 6.04 Å². The summed E-state index contributed by atoms with van der Waals surface area (Å²) in [5.41, 5.74) is 12.0. The molecule has 158 valence electrons. The Kier molecular flexibility index (Phi) is 12.6. The van der Waals surface area contributed by atoms with Gasteiger partial charge in [-0.1, -0.05) is 44.2 Å². The highest BCUT2D eigenvalue weighted by Gasteiger charge is 2.24. The highest BCUT2D eigenvalue weighted by Crippen LogP contribution is 2.04. The van der Waals surface area contributed by atoms with Gasteiger partial charge in [0.1, 0.15) is 12.6 Å². The minimum Gasteiger partial charge on any atom is -0.445 e. The highest BCUT2D eigenvalue weighted by molar-refractivity contribution is 5.89. The number of unbranched alkanes of at least 4 members (excludes halogenated alkanes) is 1. The lowest BCUT2D eigenvalue weighted by Gasteiger charge is -2.21. The molecule has 8 nitrogen and oxygen atoms in total. The predicted molar refractivity (Wildman–Crippen MR) is 110 cm³/mol. The molecule has 0 aliphatic carbocycles. The van der Waals surface area contributed by atoms with Crippen molar-refractivity contribution in [3.8, 4) is 0 Å². The lowest BCUT2D eigenvalue weighted by atomic mass is 10.0. The monoisotopic (exact) mass is 414 g/mol. The molecule has 0 bridgehead atoms. The van der Waals surface area contributed by atoms with Crippen LogP contribution in [0.2, 0.25) is 0 Å². The summed E-state index contributed by atoms with van der Waals surface area (Å²) < 4.78 is 5.10. The Morgan fingerprint density at radius 1 is 1.11 bits per heavy atom. The van der Waals surface area contributed by atoms with E-state index in [2.05, 4.69) is 10.6 Å². The van der Waals surface area contributed by atoms with E-state index in [9.17, 15) is 14.4 Å². The molecule has 0 fully saturated rings. The lowest BCUT2D eigenvalue weighted by molar-refractivity contribution is -0.129. The number of carbonyl (C=O) groups excluding carboxylic acids is 3. The second kappa shape index (κ2) is 13.8. The van der Waals surface area contributed by atoms with E-state index in [-0.39, 0.29) is 24.9 Å². The number of alkyl carbamates (subject to hydrolysis) is 1. The SMILES string of the molecule is CC(C)[C@H](NC(=O)[C@H](N)CCCCNC(=O)OCc1ccccc1)C(N)=O.Cl. The zero-order valence-corrected chi connectivity index (χ0v) is 17.2. The first-order valence-corrected chi connectivity index (χ1v) is 9.11. The molecular weight excluding hydrogens is 384 g/mol. The van der Waals surface area contributed by atoms with Crippen LogP contribution >= 0.6 is 12.4 Å². The molecule has 0 unspecified atom stereocenters. The van der Waals surface area contributed by atoms with Gasteiger partial charge >= 0.3 is 6.09 Å². The first-order valence-electron chi connectivity index (χ1n) is 9.11. The van der Waals surface area contributed by atoms with Crippen molar-refractivity contribution in [3.63, 3.8) is 0 Å². The molecule has 3 amide bonds. The second-order valence-electron chi connectivity index (χ2n) is 6.72. The quantitative estimate of drug-likeness (QED) is 0.406. The van der Waals surface area contributed by atoms with Gasteiger partial charge in [-0.15, -0.1) is 12.4 Å². The number of hydrogen-bond acceptors (Lipinski definition) is 5. The van der Waals surface area contributed by atoms with E-state index in [1.807, 2.05) is 30.3 Å². The largest absolute Gasteiger partial charge is 0.445 e. The van der Waals surface area contributed by atoms with E-state index in [0.29, 0.717) is 25.8 Å². The van der Waals surface area contributed by atoms with E-state index in [4.69, 9.17) is 16.2 Å². The molecule has 28 heavy (non-hydrogen) atoms. The fraction of sp³-hybridized carbons (Fsp3) is 0.526. The van der Waals surface area contributed by atoms with Crippen LogP contribution in [0.3, 0.4) is 0 Å². The summed E-state index contributed by atoms with van der Waals surface area (Å²) in [6.07, 6.45) is 1.26. The third kappa shape index (κ3) is 10.1. The van der Waals surface area contributed by atoms with Crippen molar-refractivity contribution < 1.29 is 19.1 Å². The van der Waals surface area contributed by atoms with E-state index < -0.39 is 30.0 Å². The molecule has 0 saturated carbocycles. The number of halogens is 1. The van der Waals surface area contributed by atoms with Gasteiger partial charge in [-0.25, -0.2) is 4.79 Å². The van der Waals surface area contributed by atoms with Crippen LogP contribution in [0.1, 0.15) is 38.7 Å². The van der Waals surface area contributed by atoms with Crippen LogP contribution in [0, 0.1) is 5.92 Å². The maximum Gasteiger partial charge on any atom is 0.407 e. The molecule has 0 radical (unpaired) electrons. The van der Waals surface area contributed by atoms with Crippen molar-refractivity contribution in [3.05, 3.63) is 35.9 Å². The minimum absolute atomic E-state index is 0. The number of hydrogen-bond donors (Lipinski definition) is 4. The minimum atomic E-state index is -0.732. The van der Waals surface area contributed by atoms with Crippen molar-refractivity contribution in [2.24, 2.45) is 17.4 Å². The molecular formula is C19H31ClN4O4. The Bertz CT molecular complexity index is 613. The molecule has 0 aliphatic rings. The number of nitrogens with one attached hydrogen (secondary N) is 2. The van der Waals surface area contributed by atoms with E-state index in [1.165, 1.54) is 0 Å². The highest BCUT2D eigenvalue weighted by atomic mass is 35.5. The summed E-state index contributed by atoms with van der Waals surface area (Å²) in [7, 11) is 0. The molecule has 0 saturated heterocycles. The summed E-state index contributed by atoms with van der Waals surface area (Å²) >= 11 is 0. The van der Waals surface area contributed by atoms with Crippen molar-refractivity contribution in [2.75, 3.05) is 6.54 Å². The molecule has 1 aromatic rings. The van der Waals surface area contributed by atoms with Gasteiger partial charge in [-0.3, -0.25) is 9.59 Å². The number of carbonyl (C=O) groups is 3. The first kappa shape index (κ1) is 25.7. The molecule has 0 heterocycles. The summed E-state index contributed by atoms with van der Waals surface area (Å²) in [5.74, 6) is -1.09. The summed E-state index contributed by atoms with van der Waals surface area (Å²) in [6.45, 7) is 4.24. The van der Waals surface area contributed by atoms with Crippen LogP contribution in [-0.2, 0) is 20.9 Å². The van der Waals surface area contributed by atoms with Gasteiger partial charge in [-0.2, -0.15) is 0 Å². The lowest BCUT2D eigenvalue weighted by Crippen LogP contribution is -2.52. The number of rotatable bonds is 11. The topological polar surface area (TPSA) is 137 Å². The Hall–Kier alpha value is -2.32. The van der Waals surface area contributed by atoms with Gasteiger partial charge in [-0.05, 0) is 30.7 Å². The zero-order chi connectivity index (χ0) is 20.2. The fourth-order valence-electron chi connectivity index (χ4n) is 2.41. The molecule has 1 aromatic carbocycles. The van der Waals surface area contributed by atoms with Crippen LogP contribution in [0.15, 0.2) is 30.3 Å². The second-order valence-corrected chi connectivity index (χ2v) is 6.72. The molecule has 2 atom stereocenters. The predicted octanol–water partition coefficient (Wildman–Crippen LogP) is 1.46. The van der Waals surface area contributed by atoms with Gasteiger partial charge in [0, 0.05) is 6.54 Å². The molecule has 0 aromatic heterocycles. The molecule has 9 heteroatoms. The van der Waals surface area contributed by atoms with Crippen LogP contribution < -0.4 is 22.1 Å². The molecule has 0 aliphatic heterocycles. The van der Waals surface area contributed by atoms with E-state index >= 15 is 0 Å². The molecule has 6 N–H and O–H groups in total. The van der Waals surface area contributed by atoms with Crippen molar-refractivity contribution in [2.45, 2.75) is 51.8 Å². The number of ether oxygens (including phenoxy) is 1. The molecule has 0 spiro atoms. The van der Waals surface area contributed by atoms with Crippen molar-refractivity contribution in [1.82, 2.24) is 10.6 Å². The average molecular weight is 415 g/mol. The van der Waals surface area contributed by atoms with Gasteiger partial charge in [0.2, 0.25) is 11.8 Å². The Balaban J connectivity index is 0.00000729. The maximum atomic E-state index is 12.0. The van der Waals surface area contributed by atoms with Crippen LogP contribution in [0.25, 0.3) is 0 Å². The number of primary amides is 1. The average Bonchev–Trinajstić information content (AvgIpc) is 2.64. The smallest absolute Gasteiger partial charge is 0.407 e. The van der Waals surface area contributed by atoms with Crippen molar-refractivity contribution in [1.29, 1.82) is 0 Å². The van der Waals surface area contributed by atoms with Crippen LogP contribution in [-0.4, -0.2) is 36.5 Å². The number of benzene rings is 1. The first-order chi connectivity index (χ1) is 12.8. The van der Waals surface area contributed by atoms with Gasteiger partial charge in [0.15, 0.2) is 0 Å². The Morgan fingerprint density at radius 3 is 2.32 bits per heavy atom. The fourth-order valence-corrected chi connectivity index (χ4v) is 2.41. The van der Waals surface area contributed by atoms with Crippen molar-refractivity contribution >= 4 is 30.3 Å². The zero-order valence-electron chi connectivity index (χ0n) is 16.4. The number of amides is 3. The third-order valence-electron chi connectivity index (χ3n) is 4.03. The maximum absolute atomic E-state index is 12.0. The molecule has 1 rings (SSSR count). The number of nitrogens with two attached hydrogens (primary N) is 2. The van der Waals surface area contributed by atoms with Gasteiger partial charge in [0.25, 0.3) is 0 Å². The Morgan fingerprint density at radius 2 is 1.75 bits per heavy atom. The summed E-state index contributed by atoms with van der Waals surface area (Å²) in [4.78, 5) is 34.9. The van der Waals surface area contributed by atoms with Crippen LogP contribution in [0.5, 0.6) is 0 Å². The normalized spacial score (nSPS) is 12.4. The standard InChI is InChI=1S/C19H30N4O4.ClH/c1-13(2)16(17(21)24)23-18(25)15(20)10-6-7-11-22-19(26)27-12-14-8-4-3-5-9-14;/h3-5,8-9,13,15-16H,6-7,10-12,20H2,1-2H3,(H2,21,24)(H,22,26)(H,23,25);1H/t15-,16+;/m1./s1. The summed E-state index contributed by atoms with van der Waals surface area (Å²) in [5, 5.41) is 5.23.